The number of benzene rings is 1. The third-order valence-corrected chi connectivity index (χ3v) is 4.86. The van der Waals surface area contributed by atoms with Crippen molar-refractivity contribution >= 4 is 26.3 Å². The maximum absolute atomic E-state index is 13.5. The predicted molar refractivity (Wildman–Crippen MR) is 70.6 cm³/mol. The zero-order chi connectivity index (χ0) is 19.9. The topological polar surface area (TPSA) is 101 Å². The summed E-state index contributed by atoms with van der Waals surface area (Å²) in [5, 5.41) is -13.7. The minimum atomic E-state index is -7.33. The largest absolute Gasteiger partial charge is 0.743 e. The van der Waals surface area contributed by atoms with E-state index in [0.717, 1.165) is 12.1 Å². The Balaban J connectivity index is 3.35. The van der Waals surface area contributed by atoms with Gasteiger partial charge in [-0.2, -0.15) is 34.8 Å². The van der Waals surface area contributed by atoms with Crippen LogP contribution in [0, 0.1) is 0 Å². The van der Waals surface area contributed by atoms with E-state index in [-0.39, 0.29) is 0 Å². The lowest BCUT2D eigenvalue weighted by Crippen LogP contribution is -2.61. The van der Waals surface area contributed by atoms with Crippen LogP contribution in [0.1, 0.15) is 5.56 Å². The van der Waals surface area contributed by atoms with E-state index in [2.05, 4.69) is 10.8 Å². The van der Waals surface area contributed by atoms with E-state index in [4.69, 9.17) is 0 Å². The first kappa shape index (κ1) is 21.2. The highest BCUT2D eigenvalue weighted by atomic mass is 32.2. The molecular formula is C11H7F6O6S2-. The van der Waals surface area contributed by atoms with Crippen molar-refractivity contribution in [2.45, 2.75) is 16.4 Å². The Morgan fingerprint density at radius 3 is 1.72 bits per heavy atom. The maximum Gasteiger partial charge on any atom is 0.450 e. The van der Waals surface area contributed by atoms with Gasteiger partial charge in [-0.1, -0.05) is 24.8 Å². The van der Waals surface area contributed by atoms with E-state index in [0.29, 0.717) is 17.7 Å². The van der Waals surface area contributed by atoms with E-state index in [1.807, 2.05) is 0 Å². The lowest BCUT2D eigenvalue weighted by atomic mass is 10.2. The van der Waals surface area contributed by atoms with E-state index < -0.39 is 42.4 Å². The minimum Gasteiger partial charge on any atom is -0.743 e. The van der Waals surface area contributed by atoms with Gasteiger partial charge < -0.3 is 8.74 Å². The average Bonchev–Trinajstić information content (AvgIpc) is 2.45. The molecule has 0 aliphatic rings. The Bertz CT molecular complexity index is 861. The van der Waals surface area contributed by atoms with Crippen LogP contribution in [0.3, 0.4) is 0 Å². The highest BCUT2D eigenvalue weighted by Crippen LogP contribution is 2.50. The molecule has 1 aromatic rings. The van der Waals surface area contributed by atoms with Crippen molar-refractivity contribution in [2.75, 3.05) is 0 Å². The second kappa shape index (κ2) is 6.17. The molecule has 0 aliphatic heterocycles. The van der Waals surface area contributed by atoms with Gasteiger partial charge in [0.05, 0.1) is 0 Å². The lowest BCUT2D eigenvalue weighted by molar-refractivity contribution is -0.247. The van der Waals surface area contributed by atoms with Crippen LogP contribution >= 0.6 is 0 Å². The molecule has 0 amide bonds. The molecule has 14 heteroatoms. The second-order valence-electron chi connectivity index (χ2n) is 4.37. The number of alkyl halides is 6. The van der Waals surface area contributed by atoms with Crippen molar-refractivity contribution in [1.82, 2.24) is 0 Å². The van der Waals surface area contributed by atoms with Crippen LogP contribution < -0.4 is 4.18 Å². The Kier molecular flexibility index (Phi) is 5.25. The second-order valence-corrected chi connectivity index (χ2v) is 7.38. The molecule has 1 aromatic carbocycles. The third kappa shape index (κ3) is 3.46. The molecule has 0 atom stereocenters. The first-order valence-electron chi connectivity index (χ1n) is 5.76. The van der Waals surface area contributed by atoms with Gasteiger partial charge >= 0.3 is 26.5 Å². The summed E-state index contributed by atoms with van der Waals surface area (Å²) in [5.41, 5.74) is 0.339. The highest BCUT2D eigenvalue weighted by Gasteiger charge is 2.81. The Morgan fingerprint density at radius 1 is 0.920 bits per heavy atom. The van der Waals surface area contributed by atoms with Crippen LogP contribution in [0.15, 0.2) is 30.8 Å². The zero-order valence-electron chi connectivity index (χ0n) is 11.6. The summed E-state index contributed by atoms with van der Waals surface area (Å²) in [7, 11) is -14.2. The molecule has 0 fully saturated rings. The van der Waals surface area contributed by atoms with E-state index in [1.165, 1.54) is 6.08 Å². The van der Waals surface area contributed by atoms with Gasteiger partial charge in [0.2, 0.25) is 0 Å². The fraction of sp³-hybridized carbons (Fsp3) is 0.273. The van der Waals surface area contributed by atoms with Gasteiger partial charge in [-0.25, -0.2) is 8.42 Å². The molecule has 0 heterocycles. The summed E-state index contributed by atoms with van der Waals surface area (Å²) in [6, 6.07) is 3.55. The van der Waals surface area contributed by atoms with Crippen LogP contribution in [0.2, 0.25) is 0 Å². The van der Waals surface area contributed by atoms with Crippen molar-refractivity contribution in [2.24, 2.45) is 0 Å². The molecule has 0 aliphatic carbocycles. The molecule has 0 unspecified atom stereocenters. The van der Waals surface area contributed by atoms with Crippen LogP contribution in [0.5, 0.6) is 5.75 Å². The van der Waals surface area contributed by atoms with Gasteiger partial charge in [-0.3, -0.25) is 0 Å². The predicted octanol–water partition coefficient (Wildman–Crippen LogP) is 2.40. The summed E-state index contributed by atoms with van der Waals surface area (Å²) in [5.74, 6) is -8.07. The van der Waals surface area contributed by atoms with E-state index >= 15 is 0 Å². The summed E-state index contributed by atoms with van der Waals surface area (Å²) in [4.78, 5) is 0. The van der Waals surface area contributed by atoms with Crippen molar-refractivity contribution in [1.29, 1.82) is 0 Å². The van der Waals surface area contributed by atoms with Crippen LogP contribution in [-0.4, -0.2) is 37.8 Å². The quantitative estimate of drug-likeness (QED) is 0.387. The standard InChI is InChI=1S/C11H8F6O6S2/c1-2-7-3-5-8(6-4-7)23-25(21,22)11(16,17)9(12,13)10(14,15)24(18,19)20/h2-6H,1H2,(H,18,19,20)/p-1. The van der Waals surface area contributed by atoms with Crippen molar-refractivity contribution in [3.8, 4) is 5.75 Å². The Hall–Kier alpha value is -1.80. The van der Waals surface area contributed by atoms with Gasteiger partial charge in [-0.05, 0) is 17.7 Å². The van der Waals surface area contributed by atoms with Crippen molar-refractivity contribution in [3.63, 3.8) is 0 Å². The normalized spacial score (nSPS) is 14.2. The summed E-state index contributed by atoms with van der Waals surface area (Å²) in [6.45, 7) is 3.31. The average molecular weight is 413 g/mol. The molecule has 0 N–H and O–H groups in total. The molecule has 6 nitrogen and oxygen atoms in total. The molecule has 0 spiro atoms. The molecule has 0 saturated heterocycles. The van der Waals surface area contributed by atoms with Crippen LogP contribution in [0.4, 0.5) is 26.3 Å². The molecule has 0 radical (unpaired) electrons. The fourth-order valence-corrected chi connectivity index (χ4v) is 2.74. The third-order valence-electron chi connectivity index (χ3n) is 2.68. The molecule has 142 valence electrons. The highest BCUT2D eigenvalue weighted by molar-refractivity contribution is 7.88. The summed E-state index contributed by atoms with van der Waals surface area (Å²) in [6.07, 6.45) is 1.24. The Labute approximate surface area is 137 Å². The van der Waals surface area contributed by atoms with Gasteiger partial charge in [0.1, 0.15) is 5.75 Å². The molecule has 0 aromatic heterocycles. The maximum atomic E-state index is 13.5. The number of hydrogen-bond donors (Lipinski definition) is 0. The fourth-order valence-electron chi connectivity index (χ4n) is 1.32. The lowest BCUT2D eigenvalue weighted by Gasteiger charge is -2.32. The smallest absolute Gasteiger partial charge is 0.450 e. The number of rotatable bonds is 7. The first-order valence-corrected chi connectivity index (χ1v) is 8.58. The van der Waals surface area contributed by atoms with Crippen LogP contribution in [0.25, 0.3) is 6.08 Å². The minimum absolute atomic E-state index is 0.339. The molecular weight excluding hydrogens is 406 g/mol. The SMILES string of the molecule is C=Cc1ccc(OS(=O)(=O)C(F)(F)C(F)(F)C(F)(F)S(=O)(=O)[O-])cc1. The van der Waals surface area contributed by atoms with Gasteiger partial charge in [0.25, 0.3) is 0 Å². The summed E-state index contributed by atoms with van der Waals surface area (Å²) >= 11 is 0. The van der Waals surface area contributed by atoms with Gasteiger partial charge in [0.15, 0.2) is 10.1 Å². The van der Waals surface area contributed by atoms with Crippen molar-refractivity contribution in [3.05, 3.63) is 36.4 Å². The van der Waals surface area contributed by atoms with Gasteiger partial charge in [0, 0.05) is 0 Å². The van der Waals surface area contributed by atoms with Gasteiger partial charge in [-0.15, -0.1) is 0 Å². The monoisotopic (exact) mass is 413 g/mol. The molecule has 1 rings (SSSR count). The van der Waals surface area contributed by atoms with Crippen molar-refractivity contribution < 1.29 is 51.9 Å². The summed E-state index contributed by atoms with van der Waals surface area (Å²) < 4.78 is 136. The first-order chi connectivity index (χ1) is 11.0. The van der Waals surface area contributed by atoms with Crippen LogP contribution in [-0.2, 0) is 20.2 Å². The Morgan fingerprint density at radius 2 is 1.36 bits per heavy atom. The molecule has 0 saturated carbocycles. The number of hydrogen-bond acceptors (Lipinski definition) is 6. The number of halogens is 6. The molecule has 0 bridgehead atoms. The molecule has 25 heavy (non-hydrogen) atoms. The van der Waals surface area contributed by atoms with E-state index in [9.17, 15) is 47.7 Å². The zero-order valence-corrected chi connectivity index (χ0v) is 13.3. The van der Waals surface area contributed by atoms with E-state index in [1.54, 1.807) is 0 Å².